The molecule has 114 valence electrons. The van der Waals surface area contributed by atoms with Gasteiger partial charge in [0, 0.05) is 5.37 Å². The summed E-state index contributed by atoms with van der Waals surface area (Å²) in [5, 5.41) is 1.44. The Balaban J connectivity index is 3.28. The van der Waals surface area contributed by atoms with Crippen LogP contribution in [0.2, 0.25) is 0 Å². The summed E-state index contributed by atoms with van der Waals surface area (Å²) in [4.78, 5) is 9.43. The van der Waals surface area contributed by atoms with Gasteiger partial charge in [-0.15, -0.1) is 0 Å². The number of hydrogen-bond acceptors (Lipinski definition) is 4. The van der Waals surface area contributed by atoms with Crippen molar-refractivity contribution in [2.24, 2.45) is 0 Å². The maximum Gasteiger partial charge on any atom is 0.330 e. The van der Waals surface area contributed by atoms with Crippen LogP contribution in [0.3, 0.4) is 0 Å². The Kier molecular flexibility index (Phi) is 15.1. The van der Waals surface area contributed by atoms with Gasteiger partial charge in [0.15, 0.2) is 0 Å². The first-order valence-electron chi connectivity index (χ1n) is 7.43. The molecule has 0 saturated carbocycles. The molecular formula is C14H29O3PS. The van der Waals surface area contributed by atoms with Gasteiger partial charge >= 0.3 is 8.60 Å². The lowest BCUT2D eigenvalue weighted by atomic mass is 10.1. The van der Waals surface area contributed by atoms with Crippen LogP contribution < -0.4 is 0 Å². The summed E-state index contributed by atoms with van der Waals surface area (Å²) in [6.07, 6.45) is 11.5. The third-order valence-corrected chi connectivity index (χ3v) is 4.03. The highest BCUT2D eigenvalue weighted by Crippen LogP contribution is 2.35. The van der Waals surface area contributed by atoms with E-state index in [2.05, 4.69) is 19.1 Å². The van der Waals surface area contributed by atoms with Gasteiger partial charge in [-0.3, -0.25) is 0 Å². The van der Waals surface area contributed by atoms with Crippen LogP contribution in [0.1, 0.15) is 71.6 Å². The minimum absolute atomic E-state index is 0.0568. The second-order valence-electron chi connectivity index (χ2n) is 4.88. The number of hydrogen-bond donors (Lipinski definition) is 1. The van der Waals surface area contributed by atoms with Crippen LogP contribution in [0.25, 0.3) is 0 Å². The van der Waals surface area contributed by atoms with Crippen molar-refractivity contribution in [3.8, 4) is 0 Å². The van der Waals surface area contributed by atoms with E-state index in [1.807, 2.05) is 6.92 Å². The minimum atomic E-state index is -1.76. The molecule has 0 aliphatic rings. The van der Waals surface area contributed by atoms with Crippen molar-refractivity contribution in [2.45, 2.75) is 77.7 Å². The third kappa shape index (κ3) is 14.6. The van der Waals surface area contributed by atoms with Crippen LogP contribution in [-0.4, -0.2) is 23.0 Å². The van der Waals surface area contributed by atoms with Gasteiger partial charge in [-0.25, -0.2) is 0 Å². The quantitative estimate of drug-likeness (QED) is 0.273. The van der Waals surface area contributed by atoms with Crippen molar-refractivity contribution in [1.82, 2.24) is 0 Å². The van der Waals surface area contributed by atoms with Crippen LogP contribution in [-0.2, 0) is 9.05 Å². The molecule has 0 aromatic carbocycles. The fourth-order valence-corrected chi connectivity index (χ4v) is 2.74. The lowest BCUT2D eigenvalue weighted by molar-refractivity contribution is 0.156. The van der Waals surface area contributed by atoms with Crippen LogP contribution in [0.15, 0.2) is 0 Å². The molecule has 19 heavy (non-hydrogen) atoms. The predicted molar refractivity (Wildman–Crippen MR) is 86.5 cm³/mol. The third-order valence-electron chi connectivity index (χ3n) is 2.99. The van der Waals surface area contributed by atoms with E-state index in [-0.39, 0.29) is 12.7 Å². The van der Waals surface area contributed by atoms with Gasteiger partial charge < -0.3 is 13.9 Å². The smallest absolute Gasteiger partial charge is 0.328 e. The molecular weight excluding hydrogens is 279 g/mol. The molecule has 2 atom stereocenters. The zero-order chi connectivity index (χ0) is 14.3. The molecule has 0 amide bonds. The van der Waals surface area contributed by atoms with E-state index >= 15 is 0 Å². The molecule has 0 heterocycles. The predicted octanol–water partition coefficient (Wildman–Crippen LogP) is 5.16. The van der Waals surface area contributed by atoms with Gasteiger partial charge in [-0.2, -0.15) is 0 Å². The Hall–Kier alpha value is 0.400. The van der Waals surface area contributed by atoms with E-state index < -0.39 is 8.60 Å². The van der Waals surface area contributed by atoms with Gasteiger partial charge in [0.05, 0.1) is 12.7 Å². The van der Waals surface area contributed by atoms with Crippen molar-refractivity contribution in [2.75, 3.05) is 6.61 Å². The summed E-state index contributed by atoms with van der Waals surface area (Å²) in [5.41, 5.74) is 0. The minimum Gasteiger partial charge on any atom is -0.328 e. The fraction of sp³-hybridized carbons (Fsp3) is 0.929. The summed E-state index contributed by atoms with van der Waals surface area (Å²) in [6, 6.07) is 0. The van der Waals surface area contributed by atoms with Crippen LogP contribution in [0.5, 0.6) is 0 Å². The lowest BCUT2D eigenvalue weighted by Gasteiger charge is -2.15. The number of thiocarbonyl (C=S) groups is 1. The summed E-state index contributed by atoms with van der Waals surface area (Å²) in [5.74, 6) is 0. The van der Waals surface area contributed by atoms with Crippen molar-refractivity contribution in [3.05, 3.63) is 0 Å². The molecule has 0 aliphatic carbocycles. The Morgan fingerprint density at radius 1 is 1.11 bits per heavy atom. The molecule has 2 unspecified atom stereocenters. The largest absolute Gasteiger partial charge is 0.330 e. The molecule has 0 aromatic rings. The highest BCUT2D eigenvalue weighted by atomic mass is 32.1. The monoisotopic (exact) mass is 308 g/mol. The SMILES string of the molecule is CCCCCCCCCCC(C)OP(O)OCC=S. The molecule has 1 N–H and O–H groups in total. The molecule has 0 saturated heterocycles. The maximum atomic E-state index is 9.43. The fourth-order valence-electron chi connectivity index (χ4n) is 1.90. The standard InChI is InChI=1S/C14H29O3PS/c1-3-4-5-6-7-8-9-10-11-14(2)17-18(15)16-12-13-19/h13-15H,3-12H2,1-2H3. The maximum absolute atomic E-state index is 9.43. The average Bonchev–Trinajstić information content (AvgIpc) is 2.39. The van der Waals surface area contributed by atoms with E-state index in [9.17, 15) is 4.89 Å². The highest BCUT2D eigenvalue weighted by Gasteiger charge is 2.11. The van der Waals surface area contributed by atoms with Gasteiger partial charge in [0.1, 0.15) is 0 Å². The number of unbranched alkanes of at least 4 members (excludes halogenated alkanes) is 7. The molecule has 0 rings (SSSR count). The second-order valence-corrected chi connectivity index (χ2v) is 6.16. The van der Waals surface area contributed by atoms with Crippen LogP contribution in [0.4, 0.5) is 0 Å². The topological polar surface area (TPSA) is 38.7 Å². The zero-order valence-corrected chi connectivity index (χ0v) is 14.1. The number of rotatable bonds is 14. The Labute approximate surface area is 125 Å². The summed E-state index contributed by atoms with van der Waals surface area (Å²) in [6.45, 7) is 4.49. The Bertz CT molecular complexity index is 205. The Morgan fingerprint density at radius 3 is 2.26 bits per heavy atom. The Morgan fingerprint density at radius 2 is 1.68 bits per heavy atom. The van der Waals surface area contributed by atoms with E-state index in [4.69, 9.17) is 9.05 Å². The lowest BCUT2D eigenvalue weighted by Crippen LogP contribution is -2.06. The van der Waals surface area contributed by atoms with Crippen molar-refractivity contribution in [1.29, 1.82) is 0 Å². The first-order chi connectivity index (χ1) is 9.20. The van der Waals surface area contributed by atoms with Gasteiger partial charge in [0.25, 0.3) is 0 Å². The molecule has 0 bridgehead atoms. The molecule has 0 radical (unpaired) electrons. The van der Waals surface area contributed by atoms with E-state index in [0.717, 1.165) is 12.8 Å². The molecule has 0 spiro atoms. The first-order valence-corrected chi connectivity index (χ1v) is 9.03. The normalized spacial score (nSPS) is 14.3. The summed E-state index contributed by atoms with van der Waals surface area (Å²) in [7, 11) is -1.76. The van der Waals surface area contributed by atoms with E-state index in [0.29, 0.717) is 0 Å². The van der Waals surface area contributed by atoms with E-state index in [1.165, 1.54) is 50.3 Å². The average molecular weight is 308 g/mol. The second kappa shape index (κ2) is 14.8. The summed E-state index contributed by atoms with van der Waals surface area (Å²) >= 11 is 4.61. The van der Waals surface area contributed by atoms with Crippen molar-refractivity contribution in [3.63, 3.8) is 0 Å². The van der Waals surface area contributed by atoms with Gasteiger partial charge in [0.2, 0.25) is 0 Å². The van der Waals surface area contributed by atoms with Gasteiger partial charge in [-0.05, 0) is 13.3 Å². The van der Waals surface area contributed by atoms with Crippen molar-refractivity contribution < 1.29 is 13.9 Å². The van der Waals surface area contributed by atoms with E-state index in [1.54, 1.807) is 0 Å². The van der Waals surface area contributed by atoms with Crippen LogP contribution in [0, 0.1) is 0 Å². The first kappa shape index (κ1) is 19.4. The molecule has 3 nitrogen and oxygen atoms in total. The van der Waals surface area contributed by atoms with Gasteiger partial charge in [-0.1, -0.05) is 70.5 Å². The molecule has 0 fully saturated rings. The van der Waals surface area contributed by atoms with Crippen LogP contribution >= 0.6 is 20.8 Å². The highest BCUT2D eigenvalue weighted by molar-refractivity contribution is 7.79. The zero-order valence-electron chi connectivity index (χ0n) is 12.3. The van der Waals surface area contributed by atoms with Crippen molar-refractivity contribution >= 4 is 26.2 Å². The molecule has 0 aliphatic heterocycles. The molecule has 0 aromatic heterocycles. The molecule has 5 heteroatoms. The summed E-state index contributed by atoms with van der Waals surface area (Å²) < 4.78 is 10.3.